The summed E-state index contributed by atoms with van der Waals surface area (Å²) < 4.78 is 1.74. The molecule has 1 amide bonds. The van der Waals surface area contributed by atoms with E-state index in [2.05, 4.69) is 5.32 Å². The van der Waals surface area contributed by atoms with Crippen molar-refractivity contribution in [2.75, 3.05) is 5.32 Å². The summed E-state index contributed by atoms with van der Waals surface area (Å²) in [5, 5.41) is 3.98. The van der Waals surface area contributed by atoms with Crippen molar-refractivity contribution in [1.82, 2.24) is 4.57 Å². The number of hydrogen-bond acceptors (Lipinski definition) is 2. The third-order valence-electron chi connectivity index (χ3n) is 4.79. The van der Waals surface area contributed by atoms with Crippen molar-refractivity contribution in [3.63, 3.8) is 0 Å². The topological polar surface area (TPSA) is 51.1 Å². The largest absolute Gasteiger partial charge is 0.317 e. The van der Waals surface area contributed by atoms with Crippen LogP contribution in [0.3, 0.4) is 0 Å². The molecule has 1 heterocycles. The molecule has 1 aromatic heterocycles. The molecule has 25 heavy (non-hydrogen) atoms. The normalized spacial score (nSPS) is 13.8. The van der Waals surface area contributed by atoms with Crippen LogP contribution < -0.4 is 10.9 Å². The number of carbonyl (C=O) groups is 1. The van der Waals surface area contributed by atoms with Crippen LogP contribution in [0.15, 0.2) is 59.4 Å². The molecule has 0 atom stereocenters. The molecular weight excluding hydrogens is 312 g/mol. The first-order chi connectivity index (χ1) is 12.2. The van der Waals surface area contributed by atoms with Crippen molar-refractivity contribution in [1.29, 1.82) is 0 Å². The van der Waals surface area contributed by atoms with Crippen LogP contribution in [-0.4, -0.2) is 10.5 Å². The average molecular weight is 332 g/mol. The summed E-state index contributed by atoms with van der Waals surface area (Å²) in [5.74, 6) is 0.118. The standard InChI is InChI=1S/C21H20N2O2/c1-2-23-17-11-7-6-10-16(17)18(14-12-13-14)19(21(23)25)22-20(24)15-8-4-3-5-9-15/h3-11,14H,2,12-13H2,1H3,(H,22,24). The molecule has 0 saturated heterocycles. The lowest BCUT2D eigenvalue weighted by Crippen LogP contribution is -2.27. The highest BCUT2D eigenvalue weighted by atomic mass is 16.2. The molecule has 0 bridgehead atoms. The first kappa shape index (κ1) is 15.6. The van der Waals surface area contributed by atoms with Gasteiger partial charge in [0.2, 0.25) is 0 Å². The van der Waals surface area contributed by atoms with Gasteiger partial charge in [-0.05, 0) is 49.4 Å². The minimum absolute atomic E-state index is 0.118. The average Bonchev–Trinajstić information content (AvgIpc) is 3.48. The Morgan fingerprint density at radius 2 is 1.76 bits per heavy atom. The smallest absolute Gasteiger partial charge is 0.275 e. The SMILES string of the molecule is CCn1c(=O)c(NC(=O)c2ccccc2)c(C2CC2)c2ccccc21. The van der Waals surface area contributed by atoms with Gasteiger partial charge in [-0.2, -0.15) is 0 Å². The first-order valence-electron chi connectivity index (χ1n) is 8.72. The lowest BCUT2D eigenvalue weighted by atomic mass is 10.0. The minimum Gasteiger partial charge on any atom is -0.317 e. The van der Waals surface area contributed by atoms with E-state index in [1.165, 1.54) is 0 Å². The number of fused-ring (bicyclic) bond motifs is 1. The molecule has 1 N–H and O–H groups in total. The molecule has 1 fully saturated rings. The zero-order chi connectivity index (χ0) is 17.4. The van der Waals surface area contributed by atoms with Crippen LogP contribution in [-0.2, 0) is 6.54 Å². The van der Waals surface area contributed by atoms with Gasteiger partial charge in [-0.1, -0.05) is 36.4 Å². The highest BCUT2D eigenvalue weighted by molar-refractivity contribution is 6.06. The second-order valence-electron chi connectivity index (χ2n) is 6.45. The third-order valence-corrected chi connectivity index (χ3v) is 4.79. The van der Waals surface area contributed by atoms with E-state index in [-0.39, 0.29) is 11.5 Å². The summed E-state index contributed by atoms with van der Waals surface area (Å²) >= 11 is 0. The Labute approximate surface area is 146 Å². The fraction of sp³-hybridized carbons (Fsp3) is 0.238. The zero-order valence-corrected chi connectivity index (χ0v) is 14.2. The Hall–Kier alpha value is -2.88. The monoisotopic (exact) mass is 332 g/mol. The molecule has 3 aromatic rings. The van der Waals surface area contributed by atoms with Gasteiger partial charge in [-0.3, -0.25) is 9.59 Å². The number of hydrogen-bond donors (Lipinski definition) is 1. The number of nitrogens with one attached hydrogen (secondary N) is 1. The van der Waals surface area contributed by atoms with Crippen LogP contribution in [0.4, 0.5) is 5.69 Å². The van der Waals surface area contributed by atoms with Crippen LogP contribution >= 0.6 is 0 Å². The second-order valence-corrected chi connectivity index (χ2v) is 6.45. The van der Waals surface area contributed by atoms with Gasteiger partial charge in [0.25, 0.3) is 11.5 Å². The van der Waals surface area contributed by atoms with Gasteiger partial charge in [0.1, 0.15) is 5.69 Å². The van der Waals surface area contributed by atoms with E-state index in [4.69, 9.17) is 0 Å². The lowest BCUT2D eigenvalue weighted by Gasteiger charge is -2.17. The number of aryl methyl sites for hydroxylation is 1. The van der Waals surface area contributed by atoms with Crippen LogP contribution in [0.1, 0.15) is 41.6 Å². The molecule has 1 aliphatic rings. The molecule has 0 radical (unpaired) electrons. The van der Waals surface area contributed by atoms with Gasteiger partial charge < -0.3 is 9.88 Å². The van der Waals surface area contributed by atoms with Gasteiger partial charge in [-0.15, -0.1) is 0 Å². The maximum atomic E-state index is 13.1. The molecule has 4 heteroatoms. The molecule has 2 aromatic carbocycles. The maximum Gasteiger partial charge on any atom is 0.275 e. The molecule has 0 aliphatic heterocycles. The Balaban J connectivity index is 1.90. The van der Waals surface area contributed by atoms with Crippen molar-refractivity contribution in [2.24, 2.45) is 0 Å². The van der Waals surface area contributed by atoms with E-state index in [0.717, 1.165) is 29.3 Å². The van der Waals surface area contributed by atoms with Gasteiger partial charge in [0.15, 0.2) is 0 Å². The molecule has 4 nitrogen and oxygen atoms in total. The van der Waals surface area contributed by atoms with E-state index in [1.807, 2.05) is 49.4 Å². The number of anilines is 1. The van der Waals surface area contributed by atoms with E-state index in [1.54, 1.807) is 16.7 Å². The summed E-state index contributed by atoms with van der Waals surface area (Å²) in [4.78, 5) is 25.7. The van der Waals surface area contributed by atoms with Crippen molar-refractivity contribution in [3.05, 3.63) is 76.1 Å². The number of rotatable bonds is 4. The van der Waals surface area contributed by atoms with Crippen molar-refractivity contribution >= 4 is 22.5 Å². The first-order valence-corrected chi connectivity index (χ1v) is 8.72. The van der Waals surface area contributed by atoms with Gasteiger partial charge in [-0.25, -0.2) is 0 Å². The number of amides is 1. The Morgan fingerprint density at radius 1 is 1.08 bits per heavy atom. The van der Waals surface area contributed by atoms with Gasteiger partial charge in [0.05, 0.1) is 5.52 Å². The molecular formula is C21H20N2O2. The van der Waals surface area contributed by atoms with Crippen LogP contribution in [0, 0.1) is 0 Å². The minimum atomic E-state index is -0.238. The Kier molecular flexibility index (Phi) is 3.88. The predicted molar refractivity (Wildman–Crippen MR) is 100 cm³/mol. The summed E-state index contributed by atoms with van der Waals surface area (Å²) in [6, 6.07) is 17.0. The molecule has 1 aliphatic carbocycles. The highest BCUT2D eigenvalue weighted by Gasteiger charge is 2.31. The van der Waals surface area contributed by atoms with Crippen LogP contribution in [0.2, 0.25) is 0 Å². The number of para-hydroxylation sites is 1. The third kappa shape index (κ3) is 2.74. The van der Waals surface area contributed by atoms with Crippen LogP contribution in [0.5, 0.6) is 0 Å². The van der Waals surface area contributed by atoms with Gasteiger partial charge in [0, 0.05) is 17.5 Å². The number of nitrogens with zero attached hydrogens (tertiary/aromatic N) is 1. The summed E-state index contributed by atoms with van der Waals surface area (Å²) in [6.45, 7) is 2.52. The van der Waals surface area contributed by atoms with Crippen molar-refractivity contribution in [2.45, 2.75) is 32.2 Å². The number of pyridine rings is 1. The van der Waals surface area contributed by atoms with Crippen LogP contribution in [0.25, 0.3) is 10.9 Å². The van der Waals surface area contributed by atoms with Crippen molar-refractivity contribution in [3.8, 4) is 0 Å². The fourth-order valence-corrected chi connectivity index (χ4v) is 3.44. The molecule has 4 rings (SSSR count). The van der Waals surface area contributed by atoms with E-state index in [0.29, 0.717) is 23.7 Å². The summed E-state index contributed by atoms with van der Waals surface area (Å²) in [5.41, 5.74) is 2.81. The molecule has 0 spiro atoms. The quantitative estimate of drug-likeness (QED) is 0.780. The molecule has 0 unspecified atom stereocenters. The lowest BCUT2D eigenvalue weighted by molar-refractivity contribution is 0.102. The van der Waals surface area contributed by atoms with E-state index < -0.39 is 0 Å². The Morgan fingerprint density at radius 3 is 2.44 bits per heavy atom. The van der Waals surface area contributed by atoms with Crippen molar-refractivity contribution < 1.29 is 4.79 Å². The number of benzene rings is 2. The van der Waals surface area contributed by atoms with E-state index in [9.17, 15) is 9.59 Å². The zero-order valence-electron chi connectivity index (χ0n) is 14.2. The highest BCUT2D eigenvalue weighted by Crippen LogP contribution is 2.45. The molecule has 1 saturated carbocycles. The Bertz CT molecular complexity index is 1000. The van der Waals surface area contributed by atoms with Gasteiger partial charge >= 0.3 is 0 Å². The van der Waals surface area contributed by atoms with E-state index >= 15 is 0 Å². The second kappa shape index (κ2) is 6.20. The predicted octanol–water partition coefficient (Wildman–Crippen LogP) is 4.15. The number of carbonyl (C=O) groups excluding carboxylic acids is 1. The summed E-state index contributed by atoms with van der Waals surface area (Å²) in [6.07, 6.45) is 2.13. The fourth-order valence-electron chi connectivity index (χ4n) is 3.44. The molecule has 126 valence electrons. The number of aromatic nitrogens is 1. The summed E-state index contributed by atoms with van der Waals surface area (Å²) in [7, 11) is 0. The maximum absolute atomic E-state index is 13.1.